The lowest BCUT2D eigenvalue weighted by atomic mass is 10.0. The Morgan fingerprint density at radius 3 is 1.34 bits per heavy atom. The van der Waals surface area contributed by atoms with E-state index in [2.05, 4.69) is 26.0 Å². The zero-order chi connectivity index (χ0) is 41.4. The van der Waals surface area contributed by atoms with Crippen molar-refractivity contribution in [2.24, 2.45) is 0 Å². The second-order valence-corrected chi connectivity index (χ2v) is 17.1. The number of hydrogen-bond acceptors (Lipinski definition) is 7. The molecule has 0 saturated heterocycles. The summed E-state index contributed by atoms with van der Waals surface area (Å²) in [6.07, 6.45) is 38.4. The molecule has 0 rings (SSSR count). The van der Waals surface area contributed by atoms with Crippen molar-refractivity contribution in [3.63, 3.8) is 0 Å². The first kappa shape index (κ1) is 54.0. The first-order valence-corrected chi connectivity index (χ1v) is 23.4. The van der Waals surface area contributed by atoms with E-state index in [0.29, 0.717) is 23.9 Å². The van der Waals surface area contributed by atoms with Gasteiger partial charge in [0.2, 0.25) is 0 Å². The lowest BCUT2D eigenvalue weighted by Crippen LogP contribution is -2.40. The van der Waals surface area contributed by atoms with Crippen molar-refractivity contribution in [3.8, 4) is 0 Å². The minimum absolute atomic E-state index is 0.180. The number of esters is 2. The summed E-state index contributed by atoms with van der Waals surface area (Å²) < 4.78 is 22.7. The Kier molecular flexibility index (Phi) is 38.4. The van der Waals surface area contributed by atoms with Crippen molar-refractivity contribution >= 4 is 17.9 Å². The van der Waals surface area contributed by atoms with E-state index in [4.69, 9.17) is 18.9 Å². The van der Waals surface area contributed by atoms with Crippen LogP contribution in [0, 0.1) is 0 Å². The second kappa shape index (κ2) is 39.8. The molecule has 0 aliphatic heterocycles. The average Bonchev–Trinajstić information content (AvgIpc) is 3.15. The summed E-state index contributed by atoms with van der Waals surface area (Å²) in [7, 11) is 5.96. The van der Waals surface area contributed by atoms with Crippen LogP contribution in [-0.4, -0.2) is 87.4 Å². The fraction of sp³-hybridized carbons (Fsp3) is 0.894. The summed E-state index contributed by atoms with van der Waals surface area (Å²) in [6, 6.07) is 0. The number of carbonyl (C=O) groups excluding carboxylic acids is 2. The van der Waals surface area contributed by atoms with Crippen LogP contribution in [0.3, 0.4) is 0 Å². The maximum Gasteiger partial charge on any atom is 0.361 e. The van der Waals surface area contributed by atoms with Crippen LogP contribution < -0.4 is 0 Å². The fourth-order valence-electron chi connectivity index (χ4n) is 6.60. The van der Waals surface area contributed by atoms with Crippen molar-refractivity contribution < 1.29 is 42.9 Å². The van der Waals surface area contributed by atoms with Crippen LogP contribution in [0.2, 0.25) is 0 Å². The third kappa shape index (κ3) is 40.2. The predicted molar refractivity (Wildman–Crippen MR) is 231 cm³/mol. The molecular formula is C47H90NO8+. The summed E-state index contributed by atoms with van der Waals surface area (Å²) in [4.78, 5) is 37.1. The Hall–Kier alpha value is -1.97. The molecule has 0 aromatic carbocycles. The molecule has 0 saturated carbocycles. The van der Waals surface area contributed by atoms with Crippen LogP contribution in [0.1, 0.15) is 213 Å². The van der Waals surface area contributed by atoms with Gasteiger partial charge in [-0.3, -0.25) is 9.59 Å². The van der Waals surface area contributed by atoms with E-state index in [-0.39, 0.29) is 32.2 Å². The van der Waals surface area contributed by atoms with Gasteiger partial charge in [-0.05, 0) is 38.5 Å². The van der Waals surface area contributed by atoms with Crippen LogP contribution in [0.25, 0.3) is 0 Å². The van der Waals surface area contributed by atoms with Crippen molar-refractivity contribution in [2.75, 3.05) is 47.5 Å². The lowest BCUT2D eigenvalue weighted by molar-refractivity contribution is -0.870. The van der Waals surface area contributed by atoms with E-state index in [0.717, 1.165) is 51.4 Å². The first-order valence-electron chi connectivity index (χ1n) is 23.4. The van der Waals surface area contributed by atoms with E-state index < -0.39 is 24.3 Å². The molecule has 2 unspecified atom stereocenters. The molecule has 9 heteroatoms. The van der Waals surface area contributed by atoms with Gasteiger partial charge in [0.25, 0.3) is 6.29 Å². The molecule has 1 N–H and O–H groups in total. The third-order valence-corrected chi connectivity index (χ3v) is 10.3. The van der Waals surface area contributed by atoms with Gasteiger partial charge in [-0.2, -0.15) is 0 Å². The van der Waals surface area contributed by atoms with Crippen LogP contribution in [0.4, 0.5) is 0 Å². The molecule has 56 heavy (non-hydrogen) atoms. The van der Waals surface area contributed by atoms with Crippen molar-refractivity contribution in [3.05, 3.63) is 12.2 Å². The molecule has 0 spiro atoms. The number of nitrogens with zero attached hydrogens (tertiary/aromatic N) is 1. The quantitative estimate of drug-likeness (QED) is 0.0214. The van der Waals surface area contributed by atoms with Gasteiger partial charge in [0.1, 0.15) is 13.2 Å². The molecule has 330 valence electrons. The smallest absolute Gasteiger partial charge is 0.361 e. The minimum atomic E-state index is -1.51. The molecule has 9 nitrogen and oxygen atoms in total. The summed E-state index contributed by atoms with van der Waals surface area (Å²) in [6.45, 7) is 4.87. The number of unbranched alkanes of at least 4 members (excludes halogenated alkanes) is 26. The van der Waals surface area contributed by atoms with Crippen LogP contribution in [0.15, 0.2) is 12.2 Å². The summed E-state index contributed by atoms with van der Waals surface area (Å²) >= 11 is 0. The van der Waals surface area contributed by atoms with Gasteiger partial charge in [0.05, 0.1) is 34.4 Å². The highest BCUT2D eigenvalue weighted by molar-refractivity contribution is 5.71. The Morgan fingerprint density at radius 1 is 0.518 bits per heavy atom. The molecule has 0 heterocycles. The molecular weight excluding hydrogens is 707 g/mol. The highest BCUT2D eigenvalue weighted by Crippen LogP contribution is 2.16. The molecule has 0 aromatic heterocycles. The number of hydrogen-bond donors (Lipinski definition) is 1. The number of likely N-dealkylation sites (N-methyl/N-ethyl adjacent to an activating group) is 1. The number of rotatable bonds is 43. The fourth-order valence-corrected chi connectivity index (χ4v) is 6.60. The first-order chi connectivity index (χ1) is 27.1. The van der Waals surface area contributed by atoms with Crippen LogP contribution in [-0.2, 0) is 33.3 Å². The monoisotopic (exact) mass is 797 g/mol. The van der Waals surface area contributed by atoms with E-state index in [1.807, 2.05) is 21.1 Å². The standard InChI is InChI=1S/C47H89NO8/c1-6-8-10-12-14-16-18-20-21-22-23-24-26-27-29-31-33-35-37-44(49)54-41-43(42-55-47(46(51)52)53-40-39-48(3,4)5)56-45(50)38-36-34-32-30-28-25-19-17-15-13-11-9-7-2/h17,19,43,47H,6-16,18,20-42H2,1-5H3/p+1/b19-17-. The SMILES string of the molecule is CCCCCC/C=C\CCCCCCCC(=O)OC(COC(=O)CCCCCCCCCCCCCCCCCCCC)COC(OCC[N+](C)(C)C)C(=O)O. The molecule has 2 atom stereocenters. The maximum absolute atomic E-state index is 12.7. The van der Waals surface area contributed by atoms with Gasteiger partial charge in [-0.25, -0.2) is 4.79 Å². The van der Waals surface area contributed by atoms with Gasteiger partial charge >= 0.3 is 17.9 Å². The number of ether oxygens (including phenoxy) is 4. The van der Waals surface area contributed by atoms with Gasteiger partial charge < -0.3 is 28.5 Å². The second-order valence-electron chi connectivity index (χ2n) is 17.1. The normalized spacial score (nSPS) is 12.9. The molecule has 0 radical (unpaired) electrons. The Bertz CT molecular complexity index is 934. The number of allylic oxidation sites excluding steroid dienone is 2. The van der Waals surface area contributed by atoms with Crippen molar-refractivity contribution in [1.29, 1.82) is 0 Å². The van der Waals surface area contributed by atoms with E-state index in [9.17, 15) is 19.5 Å². The van der Waals surface area contributed by atoms with Crippen molar-refractivity contribution in [2.45, 2.75) is 225 Å². The summed E-state index contributed by atoms with van der Waals surface area (Å²) in [5.74, 6) is -2.00. The predicted octanol–water partition coefficient (Wildman–Crippen LogP) is 12.3. The number of carbonyl (C=O) groups is 3. The zero-order valence-electron chi connectivity index (χ0n) is 37.3. The van der Waals surface area contributed by atoms with Crippen LogP contribution in [0.5, 0.6) is 0 Å². The van der Waals surface area contributed by atoms with E-state index in [1.54, 1.807) is 0 Å². The molecule has 0 aromatic rings. The Labute approximate surface area is 345 Å². The zero-order valence-corrected chi connectivity index (χ0v) is 37.3. The average molecular weight is 797 g/mol. The molecule has 0 bridgehead atoms. The minimum Gasteiger partial charge on any atom is -0.477 e. The Balaban J connectivity index is 4.36. The molecule has 0 amide bonds. The van der Waals surface area contributed by atoms with Crippen LogP contribution >= 0.6 is 0 Å². The maximum atomic E-state index is 12.7. The number of quaternary nitrogens is 1. The topological polar surface area (TPSA) is 108 Å². The highest BCUT2D eigenvalue weighted by atomic mass is 16.7. The van der Waals surface area contributed by atoms with Gasteiger partial charge in [-0.15, -0.1) is 0 Å². The molecule has 0 fully saturated rings. The van der Waals surface area contributed by atoms with Crippen molar-refractivity contribution in [1.82, 2.24) is 0 Å². The Morgan fingerprint density at radius 2 is 0.911 bits per heavy atom. The van der Waals surface area contributed by atoms with E-state index in [1.165, 1.54) is 128 Å². The highest BCUT2D eigenvalue weighted by Gasteiger charge is 2.25. The number of carboxylic acid groups (broad SMARTS) is 1. The molecule has 0 aliphatic rings. The van der Waals surface area contributed by atoms with Gasteiger partial charge in [0.15, 0.2) is 6.10 Å². The molecule has 0 aliphatic carbocycles. The largest absolute Gasteiger partial charge is 0.477 e. The number of carboxylic acids is 1. The number of aliphatic carboxylic acids is 1. The summed E-state index contributed by atoms with van der Waals surface area (Å²) in [5.41, 5.74) is 0. The van der Waals surface area contributed by atoms with Gasteiger partial charge in [0, 0.05) is 12.8 Å². The van der Waals surface area contributed by atoms with Gasteiger partial charge in [-0.1, -0.05) is 174 Å². The third-order valence-electron chi connectivity index (χ3n) is 10.3. The summed E-state index contributed by atoms with van der Waals surface area (Å²) in [5, 5.41) is 9.63. The van der Waals surface area contributed by atoms with E-state index >= 15 is 0 Å². The lowest BCUT2D eigenvalue weighted by Gasteiger charge is -2.25.